The normalized spacial score (nSPS) is 10.2. The number of aromatic amines is 1. The number of aromatic nitrogens is 2. The molecule has 0 spiro atoms. The maximum absolute atomic E-state index is 11.8. The van der Waals surface area contributed by atoms with Gasteiger partial charge in [-0.1, -0.05) is 41.0 Å². The van der Waals surface area contributed by atoms with E-state index in [9.17, 15) is 4.79 Å². The summed E-state index contributed by atoms with van der Waals surface area (Å²) < 4.78 is 0. The second-order valence-corrected chi connectivity index (χ2v) is 5.15. The number of nitriles is 1. The number of benzene rings is 1. The maximum Gasteiger partial charge on any atom is 0.270 e. The van der Waals surface area contributed by atoms with Crippen molar-refractivity contribution < 1.29 is 0 Å². The Morgan fingerprint density at radius 2 is 2.11 bits per heavy atom. The van der Waals surface area contributed by atoms with Gasteiger partial charge in [0.2, 0.25) is 0 Å². The zero-order valence-electron chi connectivity index (χ0n) is 9.70. The molecule has 0 atom stereocenters. The first-order valence-corrected chi connectivity index (χ1v) is 7.08. The van der Waals surface area contributed by atoms with Crippen LogP contribution in [0.1, 0.15) is 5.56 Å². The van der Waals surface area contributed by atoms with Gasteiger partial charge in [0.05, 0.1) is 15.7 Å². The van der Waals surface area contributed by atoms with E-state index in [1.54, 1.807) is 24.5 Å². The summed E-state index contributed by atoms with van der Waals surface area (Å²) in [4.78, 5) is 18.6. The molecule has 0 saturated carbocycles. The molecular weight excluding hydrogens is 305 g/mol. The van der Waals surface area contributed by atoms with E-state index >= 15 is 0 Å². The molecule has 0 saturated heterocycles. The summed E-state index contributed by atoms with van der Waals surface area (Å²) in [5, 5.41) is 10.3. The van der Waals surface area contributed by atoms with Crippen LogP contribution in [-0.4, -0.2) is 16.2 Å². The molecule has 4 nitrogen and oxygen atoms in total. The number of nitrogens with one attached hydrogen (secondary N) is 1. The van der Waals surface area contributed by atoms with Crippen molar-refractivity contribution in [3.05, 3.63) is 44.2 Å². The van der Waals surface area contributed by atoms with Crippen LogP contribution in [0.3, 0.4) is 0 Å². The van der Waals surface area contributed by atoms with Crippen molar-refractivity contribution in [1.82, 2.24) is 9.97 Å². The highest BCUT2D eigenvalue weighted by Crippen LogP contribution is 2.28. The number of hydrogen-bond donors (Lipinski definition) is 1. The lowest BCUT2D eigenvalue weighted by Crippen LogP contribution is -2.14. The Labute approximate surface area is 123 Å². The lowest BCUT2D eigenvalue weighted by atomic mass is 10.1. The van der Waals surface area contributed by atoms with Gasteiger partial charge in [0, 0.05) is 5.56 Å². The summed E-state index contributed by atoms with van der Waals surface area (Å²) in [7, 11) is 0. The Morgan fingerprint density at radius 3 is 2.68 bits per heavy atom. The van der Waals surface area contributed by atoms with Gasteiger partial charge in [0.25, 0.3) is 5.56 Å². The SMILES string of the molecule is CSc1nc(-c2ccc(Cl)c(Cl)c2)c(C#N)c(=O)[nH]1. The van der Waals surface area contributed by atoms with Crippen LogP contribution in [0.15, 0.2) is 28.2 Å². The quantitative estimate of drug-likeness (QED) is 0.682. The fourth-order valence-electron chi connectivity index (χ4n) is 1.51. The maximum atomic E-state index is 11.8. The summed E-state index contributed by atoms with van der Waals surface area (Å²) in [6.07, 6.45) is 1.78. The second kappa shape index (κ2) is 5.66. The van der Waals surface area contributed by atoms with Gasteiger partial charge in [0.15, 0.2) is 5.16 Å². The molecule has 2 rings (SSSR count). The predicted octanol–water partition coefficient (Wildman–Crippen LogP) is 3.34. The number of rotatable bonds is 2. The fraction of sp³-hybridized carbons (Fsp3) is 0.0833. The number of halogens is 2. The first-order chi connectivity index (χ1) is 9.06. The van der Waals surface area contributed by atoms with Crippen LogP contribution in [0.4, 0.5) is 0 Å². The van der Waals surface area contributed by atoms with Gasteiger partial charge in [-0.05, 0) is 18.4 Å². The van der Waals surface area contributed by atoms with Crippen molar-refractivity contribution in [1.29, 1.82) is 5.26 Å². The van der Waals surface area contributed by atoms with Gasteiger partial charge in [-0.2, -0.15) is 5.26 Å². The van der Waals surface area contributed by atoms with E-state index in [1.807, 2.05) is 6.07 Å². The summed E-state index contributed by atoms with van der Waals surface area (Å²) in [6, 6.07) is 6.70. The molecule has 0 fully saturated rings. The van der Waals surface area contributed by atoms with E-state index in [4.69, 9.17) is 28.5 Å². The molecule has 1 heterocycles. The Balaban J connectivity index is 2.73. The van der Waals surface area contributed by atoms with Crippen molar-refractivity contribution in [2.45, 2.75) is 5.16 Å². The Morgan fingerprint density at radius 1 is 1.37 bits per heavy atom. The first-order valence-electron chi connectivity index (χ1n) is 5.10. The largest absolute Gasteiger partial charge is 0.300 e. The van der Waals surface area contributed by atoms with Gasteiger partial charge < -0.3 is 4.98 Å². The van der Waals surface area contributed by atoms with Crippen molar-refractivity contribution in [3.8, 4) is 17.3 Å². The van der Waals surface area contributed by atoms with Crippen molar-refractivity contribution in [2.75, 3.05) is 6.26 Å². The van der Waals surface area contributed by atoms with Crippen LogP contribution in [0.25, 0.3) is 11.3 Å². The standard InChI is InChI=1S/C12H7Cl2N3OS/c1-19-12-16-10(7(5-15)11(18)17-12)6-2-3-8(13)9(14)4-6/h2-4H,1H3,(H,16,17,18). The van der Waals surface area contributed by atoms with Crippen LogP contribution < -0.4 is 5.56 Å². The molecule has 96 valence electrons. The first kappa shape index (κ1) is 13.9. The van der Waals surface area contributed by atoms with Crippen LogP contribution >= 0.6 is 35.0 Å². The lowest BCUT2D eigenvalue weighted by molar-refractivity contribution is 0.937. The third-order valence-electron chi connectivity index (χ3n) is 2.40. The monoisotopic (exact) mass is 311 g/mol. The van der Waals surface area contributed by atoms with E-state index in [0.717, 1.165) is 0 Å². The summed E-state index contributed by atoms with van der Waals surface area (Å²) >= 11 is 13.1. The summed E-state index contributed by atoms with van der Waals surface area (Å²) in [5.41, 5.74) is 0.362. The topological polar surface area (TPSA) is 69.5 Å². The average molecular weight is 312 g/mol. The zero-order chi connectivity index (χ0) is 14.0. The van der Waals surface area contributed by atoms with E-state index in [1.165, 1.54) is 11.8 Å². The average Bonchev–Trinajstić information content (AvgIpc) is 2.41. The molecule has 0 amide bonds. The molecule has 0 aliphatic rings. The smallest absolute Gasteiger partial charge is 0.270 e. The molecule has 1 N–H and O–H groups in total. The van der Waals surface area contributed by atoms with Gasteiger partial charge >= 0.3 is 0 Å². The van der Waals surface area contributed by atoms with Gasteiger partial charge in [-0.25, -0.2) is 4.98 Å². The third-order valence-corrected chi connectivity index (χ3v) is 3.71. The number of thioether (sulfide) groups is 1. The van der Waals surface area contributed by atoms with Gasteiger partial charge in [-0.3, -0.25) is 4.79 Å². The molecule has 7 heteroatoms. The fourth-order valence-corrected chi connectivity index (χ4v) is 2.18. The Hall–Kier alpha value is -1.48. The second-order valence-electron chi connectivity index (χ2n) is 3.54. The Kier molecular flexibility index (Phi) is 4.15. The highest BCUT2D eigenvalue weighted by molar-refractivity contribution is 7.98. The zero-order valence-corrected chi connectivity index (χ0v) is 12.0. The predicted molar refractivity (Wildman–Crippen MR) is 76.8 cm³/mol. The van der Waals surface area contributed by atoms with Crippen molar-refractivity contribution in [3.63, 3.8) is 0 Å². The van der Waals surface area contributed by atoms with Crippen LogP contribution in [0.2, 0.25) is 10.0 Å². The minimum Gasteiger partial charge on any atom is -0.300 e. The Bertz CT molecular complexity index is 737. The van der Waals surface area contributed by atoms with E-state index in [-0.39, 0.29) is 5.56 Å². The molecule has 0 radical (unpaired) electrons. The molecular formula is C12H7Cl2N3OS. The molecule has 0 aliphatic heterocycles. The molecule has 1 aromatic carbocycles. The highest BCUT2D eigenvalue weighted by Gasteiger charge is 2.14. The van der Waals surface area contributed by atoms with Crippen molar-refractivity contribution in [2.24, 2.45) is 0 Å². The molecule has 1 aromatic heterocycles. The molecule has 0 unspecified atom stereocenters. The van der Waals surface area contributed by atoms with E-state index in [2.05, 4.69) is 9.97 Å². The summed E-state index contributed by atoms with van der Waals surface area (Å²) in [6.45, 7) is 0. The van der Waals surface area contributed by atoms with Crippen LogP contribution in [-0.2, 0) is 0 Å². The number of H-pyrrole nitrogens is 1. The van der Waals surface area contributed by atoms with E-state index in [0.29, 0.717) is 26.5 Å². The van der Waals surface area contributed by atoms with Gasteiger partial charge in [-0.15, -0.1) is 0 Å². The molecule has 2 aromatic rings. The molecule has 0 bridgehead atoms. The third kappa shape index (κ3) is 2.76. The lowest BCUT2D eigenvalue weighted by Gasteiger charge is -2.06. The van der Waals surface area contributed by atoms with E-state index < -0.39 is 5.56 Å². The van der Waals surface area contributed by atoms with Crippen LogP contribution in [0, 0.1) is 11.3 Å². The van der Waals surface area contributed by atoms with Gasteiger partial charge in [0.1, 0.15) is 11.6 Å². The number of hydrogen-bond acceptors (Lipinski definition) is 4. The minimum atomic E-state index is -0.470. The molecule has 0 aliphatic carbocycles. The molecule has 19 heavy (non-hydrogen) atoms. The number of nitrogens with zero attached hydrogens (tertiary/aromatic N) is 2. The highest BCUT2D eigenvalue weighted by atomic mass is 35.5. The minimum absolute atomic E-state index is 0.0452. The van der Waals surface area contributed by atoms with Crippen molar-refractivity contribution >= 4 is 35.0 Å². The summed E-state index contributed by atoms with van der Waals surface area (Å²) in [5.74, 6) is 0. The van der Waals surface area contributed by atoms with Crippen LogP contribution in [0.5, 0.6) is 0 Å².